The normalized spacial score (nSPS) is 11.6. The molecule has 1 N–H and O–H groups in total. The smallest absolute Gasteiger partial charge is 0.292 e. The molecular formula is C9H8F4N2O3. The Balaban J connectivity index is 2.61. The van der Waals surface area contributed by atoms with E-state index in [9.17, 15) is 27.7 Å². The van der Waals surface area contributed by atoms with Crippen LogP contribution in [0.3, 0.4) is 0 Å². The molecule has 0 aliphatic carbocycles. The molecule has 0 fully saturated rings. The van der Waals surface area contributed by atoms with Crippen LogP contribution in [0.1, 0.15) is 5.56 Å². The standard InChI is InChI=1S/C9H8F4N2O3/c10-7-1-2-8(15(16)17)6(3-7)4-14-18-5-9(11,12)13/h1-3,14H,4-5H2. The highest BCUT2D eigenvalue weighted by atomic mass is 19.4. The highest BCUT2D eigenvalue weighted by molar-refractivity contribution is 5.40. The minimum atomic E-state index is -4.51. The van der Waals surface area contributed by atoms with Gasteiger partial charge in [-0.25, -0.2) is 4.39 Å². The Labute approximate surface area is 98.5 Å². The van der Waals surface area contributed by atoms with Crippen LogP contribution in [-0.2, 0) is 11.4 Å². The molecule has 5 nitrogen and oxygen atoms in total. The molecule has 0 aromatic heterocycles. The van der Waals surface area contributed by atoms with E-state index in [0.29, 0.717) is 0 Å². The highest BCUT2D eigenvalue weighted by Gasteiger charge is 2.27. The summed E-state index contributed by atoms with van der Waals surface area (Å²) in [5.74, 6) is -0.728. The Hall–Kier alpha value is -1.74. The van der Waals surface area contributed by atoms with Crippen molar-refractivity contribution in [3.63, 3.8) is 0 Å². The van der Waals surface area contributed by atoms with Crippen LogP contribution in [0.4, 0.5) is 23.2 Å². The maximum Gasteiger partial charge on any atom is 0.413 e. The predicted octanol–water partition coefficient (Wildman–Crippen LogP) is 2.32. The summed E-state index contributed by atoms with van der Waals surface area (Å²) in [7, 11) is 0. The predicted molar refractivity (Wildman–Crippen MR) is 51.9 cm³/mol. The van der Waals surface area contributed by atoms with Crippen LogP contribution in [0, 0.1) is 15.9 Å². The largest absolute Gasteiger partial charge is 0.413 e. The van der Waals surface area contributed by atoms with Gasteiger partial charge in [0.1, 0.15) is 5.82 Å². The van der Waals surface area contributed by atoms with Gasteiger partial charge in [-0.3, -0.25) is 15.0 Å². The van der Waals surface area contributed by atoms with Gasteiger partial charge in [0.05, 0.1) is 11.5 Å². The van der Waals surface area contributed by atoms with Crippen LogP contribution in [0.15, 0.2) is 18.2 Å². The van der Waals surface area contributed by atoms with Crippen LogP contribution in [0.25, 0.3) is 0 Å². The number of benzene rings is 1. The van der Waals surface area contributed by atoms with Gasteiger partial charge in [0.2, 0.25) is 0 Å². The summed E-state index contributed by atoms with van der Waals surface area (Å²) in [6, 6.07) is 2.66. The summed E-state index contributed by atoms with van der Waals surface area (Å²) < 4.78 is 48.0. The van der Waals surface area contributed by atoms with Gasteiger partial charge in [-0.05, 0) is 12.1 Å². The third-order valence-electron chi connectivity index (χ3n) is 1.84. The zero-order valence-electron chi connectivity index (χ0n) is 8.83. The molecule has 0 radical (unpaired) electrons. The summed E-state index contributed by atoms with van der Waals surface area (Å²) in [6.07, 6.45) is -4.51. The van der Waals surface area contributed by atoms with E-state index in [-0.39, 0.29) is 5.56 Å². The van der Waals surface area contributed by atoms with Crippen molar-refractivity contribution < 1.29 is 27.3 Å². The number of nitro benzene ring substituents is 1. The lowest BCUT2D eigenvalue weighted by Gasteiger charge is -2.08. The van der Waals surface area contributed by atoms with Crippen LogP contribution in [-0.4, -0.2) is 17.7 Å². The number of alkyl halides is 3. The van der Waals surface area contributed by atoms with Crippen molar-refractivity contribution in [1.29, 1.82) is 0 Å². The number of hydroxylamine groups is 1. The fraction of sp³-hybridized carbons (Fsp3) is 0.333. The maximum atomic E-state index is 12.8. The third-order valence-corrected chi connectivity index (χ3v) is 1.84. The van der Waals surface area contributed by atoms with Crippen molar-refractivity contribution in [3.8, 4) is 0 Å². The second-order valence-electron chi connectivity index (χ2n) is 3.26. The third kappa shape index (κ3) is 4.63. The van der Waals surface area contributed by atoms with Crippen molar-refractivity contribution in [1.82, 2.24) is 5.48 Å². The molecule has 0 saturated carbocycles. The zero-order chi connectivity index (χ0) is 13.8. The molecule has 0 aliphatic rings. The van der Waals surface area contributed by atoms with E-state index >= 15 is 0 Å². The molecule has 18 heavy (non-hydrogen) atoms. The molecule has 0 bridgehead atoms. The van der Waals surface area contributed by atoms with Gasteiger partial charge in [-0.15, -0.1) is 0 Å². The summed E-state index contributed by atoms with van der Waals surface area (Å²) in [6.45, 7) is -1.96. The number of hydrogen-bond acceptors (Lipinski definition) is 4. The molecule has 100 valence electrons. The van der Waals surface area contributed by atoms with Gasteiger partial charge in [-0.2, -0.15) is 18.7 Å². The summed E-state index contributed by atoms with van der Waals surface area (Å²) in [5.41, 5.74) is 1.38. The number of rotatable bonds is 5. The minimum Gasteiger partial charge on any atom is -0.292 e. The monoisotopic (exact) mass is 268 g/mol. The molecule has 1 aromatic rings. The van der Waals surface area contributed by atoms with Crippen LogP contribution >= 0.6 is 0 Å². The van der Waals surface area contributed by atoms with Gasteiger partial charge < -0.3 is 0 Å². The van der Waals surface area contributed by atoms with E-state index < -0.39 is 35.8 Å². The van der Waals surface area contributed by atoms with E-state index in [0.717, 1.165) is 18.2 Å². The van der Waals surface area contributed by atoms with Gasteiger partial charge in [0.15, 0.2) is 6.61 Å². The maximum absolute atomic E-state index is 12.8. The first-order valence-corrected chi connectivity index (χ1v) is 4.64. The van der Waals surface area contributed by atoms with Crippen LogP contribution < -0.4 is 5.48 Å². The van der Waals surface area contributed by atoms with Crippen molar-refractivity contribution in [2.45, 2.75) is 12.7 Å². The minimum absolute atomic E-state index is 0.109. The Kier molecular flexibility index (Phi) is 4.56. The topological polar surface area (TPSA) is 64.4 Å². The molecule has 0 saturated heterocycles. The van der Waals surface area contributed by atoms with E-state index in [1.807, 2.05) is 5.48 Å². The molecule has 0 spiro atoms. The van der Waals surface area contributed by atoms with Crippen LogP contribution in [0.2, 0.25) is 0 Å². The summed E-state index contributed by atoms with van der Waals surface area (Å²) in [4.78, 5) is 13.9. The number of hydrogen-bond donors (Lipinski definition) is 1. The molecular weight excluding hydrogens is 260 g/mol. The van der Waals surface area contributed by atoms with E-state index in [1.54, 1.807) is 0 Å². The fourth-order valence-electron chi connectivity index (χ4n) is 1.14. The first-order valence-electron chi connectivity index (χ1n) is 4.64. The number of nitrogens with one attached hydrogen (secondary N) is 1. The lowest BCUT2D eigenvalue weighted by Crippen LogP contribution is -2.24. The van der Waals surface area contributed by atoms with Gasteiger partial charge in [0.25, 0.3) is 5.69 Å². The molecule has 0 atom stereocenters. The quantitative estimate of drug-likeness (QED) is 0.385. The lowest BCUT2D eigenvalue weighted by molar-refractivity contribution is -0.385. The number of nitro groups is 1. The van der Waals surface area contributed by atoms with Gasteiger partial charge >= 0.3 is 6.18 Å². The molecule has 0 amide bonds. The van der Waals surface area contributed by atoms with E-state index in [4.69, 9.17) is 0 Å². The lowest BCUT2D eigenvalue weighted by atomic mass is 10.2. The Morgan fingerprint density at radius 3 is 2.61 bits per heavy atom. The second-order valence-corrected chi connectivity index (χ2v) is 3.26. The zero-order valence-corrected chi connectivity index (χ0v) is 8.83. The molecule has 1 rings (SSSR count). The van der Waals surface area contributed by atoms with E-state index in [1.165, 1.54) is 0 Å². The van der Waals surface area contributed by atoms with E-state index in [2.05, 4.69) is 4.84 Å². The first kappa shape index (κ1) is 14.3. The first-order chi connectivity index (χ1) is 8.29. The molecule has 0 unspecified atom stereocenters. The highest BCUT2D eigenvalue weighted by Crippen LogP contribution is 2.19. The van der Waals surface area contributed by atoms with Crippen LogP contribution in [0.5, 0.6) is 0 Å². The molecule has 9 heteroatoms. The Bertz CT molecular complexity index is 436. The van der Waals surface area contributed by atoms with Crippen molar-refractivity contribution >= 4 is 5.69 Å². The number of halogens is 4. The molecule has 0 heterocycles. The Morgan fingerprint density at radius 2 is 2.06 bits per heavy atom. The average molecular weight is 268 g/mol. The van der Waals surface area contributed by atoms with Gasteiger partial charge in [0, 0.05) is 11.6 Å². The van der Waals surface area contributed by atoms with Crippen molar-refractivity contribution in [2.24, 2.45) is 0 Å². The SMILES string of the molecule is O=[N+]([O-])c1ccc(F)cc1CNOCC(F)(F)F. The second kappa shape index (κ2) is 5.74. The fourth-order valence-corrected chi connectivity index (χ4v) is 1.14. The average Bonchev–Trinajstić information content (AvgIpc) is 2.22. The van der Waals surface area contributed by atoms with Crippen molar-refractivity contribution in [2.75, 3.05) is 6.61 Å². The summed E-state index contributed by atoms with van der Waals surface area (Å²) in [5, 5.41) is 10.6. The van der Waals surface area contributed by atoms with Gasteiger partial charge in [-0.1, -0.05) is 0 Å². The summed E-state index contributed by atoms with van der Waals surface area (Å²) >= 11 is 0. The number of nitrogens with zero attached hydrogens (tertiary/aromatic N) is 1. The van der Waals surface area contributed by atoms with Crippen molar-refractivity contribution in [3.05, 3.63) is 39.7 Å². The Morgan fingerprint density at radius 1 is 1.39 bits per heavy atom. The molecule has 1 aromatic carbocycles. The molecule has 0 aliphatic heterocycles.